The van der Waals surface area contributed by atoms with Gasteiger partial charge < -0.3 is 10.3 Å². The zero-order valence-corrected chi connectivity index (χ0v) is 9.83. The standard InChI is InChI=1S/C12H15F3N2O/c13-12(14,15)10-6-5-8(7-16)11(18)17(10)9-3-1-2-4-9/h5-6,9H,1-4,7,16H2. The molecular formula is C12H15F3N2O. The van der Waals surface area contributed by atoms with Crippen molar-refractivity contribution in [2.75, 3.05) is 0 Å². The van der Waals surface area contributed by atoms with E-state index in [2.05, 4.69) is 0 Å². The SMILES string of the molecule is NCc1ccc(C(F)(F)F)n(C2CCCC2)c1=O. The van der Waals surface area contributed by atoms with Crippen molar-refractivity contribution in [3.8, 4) is 0 Å². The Kier molecular flexibility index (Phi) is 3.47. The van der Waals surface area contributed by atoms with Crippen molar-refractivity contribution < 1.29 is 13.2 Å². The van der Waals surface area contributed by atoms with Gasteiger partial charge in [0.1, 0.15) is 5.69 Å². The van der Waals surface area contributed by atoms with Crippen molar-refractivity contribution in [1.29, 1.82) is 0 Å². The number of nitrogens with zero attached hydrogens (tertiary/aromatic N) is 1. The van der Waals surface area contributed by atoms with Crippen molar-refractivity contribution >= 4 is 0 Å². The number of hydrogen-bond acceptors (Lipinski definition) is 2. The van der Waals surface area contributed by atoms with Crippen LogP contribution in [0.3, 0.4) is 0 Å². The van der Waals surface area contributed by atoms with E-state index >= 15 is 0 Å². The molecule has 2 N–H and O–H groups in total. The molecule has 1 aliphatic carbocycles. The average molecular weight is 260 g/mol. The second kappa shape index (κ2) is 4.76. The third-order valence-electron chi connectivity index (χ3n) is 3.40. The summed E-state index contributed by atoms with van der Waals surface area (Å²) in [7, 11) is 0. The number of nitrogens with two attached hydrogens (primary N) is 1. The second-order valence-electron chi connectivity index (χ2n) is 4.56. The molecule has 0 amide bonds. The fraction of sp³-hybridized carbons (Fsp3) is 0.583. The lowest BCUT2D eigenvalue weighted by atomic mass is 10.1. The summed E-state index contributed by atoms with van der Waals surface area (Å²) in [5.74, 6) is 0. The summed E-state index contributed by atoms with van der Waals surface area (Å²) in [5, 5.41) is 0. The largest absolute Gasteiger partial charge is 0.431 e. The van der Waals surface area contributed by atoms with Gasteiger partial charge in [0.25, 0.3) is 5.56 Å². The third kappa shape index (κ3) is 2.29. The van der Waals surface area contributed by atoms with E-state index < -0.39 is 17.4 Å². The highest BCUT2D eigenvalue weighted by atomic mass is 19.4. The summed E-state index contributed by atoms with van der Waals surface area (Å²) in [4.78, 5) is 12.0. The Hall–Kier alpha value is -1.30. The van der Waals surface area contributed by atoms with E-state index in [4.69, 9.17) is 5.73 Å². The molecular weight excluding hydrogens is 245 g/mol. The number of alkyl halides is 3. The van der Waals surface area contributed by atoms with E-state index in [9.17, 15) is 18.0 Å². The first kappa shape index (κ1) is 13.1. The molecule has 0 aliphatic heterocycles. The summed E-state index contributed by atoms with van der Waals surface area (Å²) in [6.45, 7) is -0.0380. The van der Waals surface area contributed by atoms with Crippen LogP contribution in [0.15, 0.2) is 16.9 Å². The van der Waals surface area contributed by atoms with E-state index in [0.717, 1.165) is 23.5 Å². The fourth-order valence-electron chi connectivity index (χ4n) is 2.51. The van der Waals surface area contributed by atoms with Crippen LogP contribution in [0, 0.1) is 0 Å². The molecule has 0 bridgehead atoms. The maximum absolute atomic E-state index is 12.9. The maximum atomic E-state index is 12.9. The van der Waals surface area contributed by atoms with Gasteiger partial charge in [0.2, 0.25) is 0 Å². The summed E-state index contributed by atoms with van der Waals surface area (Å²) in [5.41, 5.74) is 4.15. The Morgan fingerprint density at radius 3 is 2.39 bits per heavy atom. The summed E-state index contributed by atoms with van der Waals surface area (Å²) in [6.07, 6.45) is -1.54. The van der Waals surface area contributed by atoms with Crippen molar-refractivity contribution in [3.63, 3.8) is 0 Å². The van der Waals surface area contributed by atoms with E-state index in [-0.39, 0.29) is 18.2 Å². The summed E-state index contributed by atoms with van der Waals surface area (Å²) in [6, 6.07) is 1.79. The van der Waals surface area contributed by atoms with Crippen molar-refractivity contribution in [3.05, 3.63) is 33.7 Å². The molecule has 1 aromatic rings. The summed E-state index contributed by atoms with van der Waals surface area (Å²) < 4.78 is 39.7. The molecule has 3 nitrogen and oxygen atoms in total. The Balaban J connectivity index is 2.60. The van der Waals surface area contributed by atoms with Crippen LogP contribution < -0.4 is 11.3 Å². The van der Waals surface area contributed by atoms with E-state index in [1.165, 1.54) is 6.07 Å². The van der Waals surface area contributed by atoms with Gasteiger partial charge in [0.15, 0.2) is 0 Å². The van der Waals surface area contributed by atoms with Crippen LogP contribution in [0.25, 0.3) is 0 Å². The van der Waals surface area contributed by atoms with Crippen molar-refractivity contribution in [1.82, 2.24) is 4.57 Å². The minimum Gasteiger partial charge on any atom is -0.326 e. The Labute approximate surface area is 102 Å². The highest BCUT2D eigenvalue weighted by Gasteiger charge is 2.37. The monoisotopic (exact) mass is 260 g/mol. The van der Waals surface area contributed by atoms with Gasteiger partial charge in [-0.15, -0.1) is 0 Å². The minimum atomic E-state index is -4.51. The van der Waals surface area contributed by atoms with Crippen molar-refractivity contribution in [2.45, 2.75) is 44.4 Å². The molecule has 0 spiro atoms. The van der Waals surface area contributed by atoms with Crippen LogP contribution in [-0.4, -0.2) is 4.57 Å². The minimum absolute atomic E-state index is 0.0380. The Morgan fingerprint density at radius 1 is 1.28 bits per heavy atom. The maximum Gasteiger partial charge on any atom is 0.431 e. The van der Waals surface area contributed by atoms with Gasteiger partial charge in [-0.3, -0.25) is 4.79 Å². The highest BCUT2D eigenvalue weighted by Crippen LogP contribution is 2.35. The second-order valence-corrected chi connectivity index (χ2v) is 4.56. The zero-order chi connectivity index (χ0) is 13.3. The van der Waals surface area contributed by atoms with Crippen molar-refractivity contribution in [2.24, 2.45) is 5.73 Å². The lowest BCUT2D eigenvalue weighted by Crippen LogP contribution is -2.33. The molecule has 100 valence electrons. The van der Waals surface area contributed by atoms with Crippen LogP contribution in [0.2, 0.25) is 0 Å². The van der Waals surface area contributed by atoms with Gasteiger partial charge >= 0.3 is 6.18 Å². The highest BCUT2D eigenvalue weighted by molar-refractivity contribution is 5.19. The third-order valence-corrected chi connectivity index (χ3v) is 3.40. The number of hydrogen-bond donors (Lipinski definition) is 1. The molecule has 1 saturated carbocycles. The number of halogens is 3. The predicted octanol–water partition coefficient (Wildman–Crippen LogP) is 2.44. The van der Waals surface area contributed by atoms with Gasteiger partial charge in [0.05, 0.1) is 0 Å². The van der Waals surface area contributed by atoms with E-state index in [1.807, 2.05) is 0 Å². The van der Waals surface area contributed by atoms with Gasteiger partial charge in [0, 0.05) is 18.2 Å². The molecule has 6 heteroatoms. The van der Waals surface area contributed by atoms with Gasteiger partial charge in [-0.1, -0.05) is 18.9 Å². The molecule has 0 unspecified atom stereocenters. The first-order chi connectivity index (χ1) is 8.45. The molecule has 1 fully saturated rings. The Bertz CT molecular complexity index is 487. The van der Waals surface area contributed by atoms with Crippen LogP contribution in [-0.2, 0) is 12.7 Å². The Morgan fingerprint density at radius 2 is 1.89 bits per heavy atom. The van der Waals surface area contributed by atoms with Gasteiger partial charge in [-0.2, -0.15) is 13.2 Å². The molecule has 1 aromatic heterocycles. The molecule has 0 saturated heterocycles. The van der Waals surface area contributed by atoms with Crippen LogP contribution >= 0.6 is 0 Å². The average Bonchev–Trinajstić information content (AvgIpc) is 2.80. The molecule has 1 heterocycles. The molecule has 1 aliphatic rings. The lowest BCUT2D eigenvalue weighted by molar-refractivity contribution is -0.145. The lowest BCUT2D eigenvalue weighted by Gasteiger charge is -2.21. The fourth-order valence-corrected chi connectivity index (χ4v) is 2.51. The van der Waals surface area contributed by atoms with Gasteiger partial charge in [-0.25, -0.2) is 0 Å². The molecule has 0 atom stereocenters. The summed E-state index contributed by atoms with van der Waals surface area (Å²) >= 11 is 0. The number of aromatic nitrogens is 1. The van der Waals surface area contributed by atoms with E-state index in [0.29, 0.717) is 12.8 Å². The smallest absolute Gasteiger partial charge is 0.326 e. The molecule has 2 rings (SSSR count). The van der Waals surface area contributed by atoms with Crippen LogP contribution in [0.1, 0.15) is 43.0 Å². The quantitative estimate of drug-likeness (QED) is 0.887. The zero-order valence-electron chi connectivity index (χ0n) is 9.83. The first-order valence-corrected chi connectivity index (χ1v) is 5.97. The first-order valence-electron chi connectivity index (χ1n) is 5.97. The normalized spacial score (nSPS) is 17.3. The number of pyridine rings is 1. The molecule has 18 heavy (non-hydrogen) atoms. The van der Waals surface area contributed by atoms with E-state index in [1.54, 1.807) is 0 Å². The predicted molar refractivity (Wildman–Crippen MR) is 61.1 cm³/mol. The van der Waals surface area contributed by atoms with Gasteiger partial charge in [-0.05, 0) is 18.9 Å². The topological polar surface area (TPSA) is 48.0 Å². The van der Waals surface area contributed by atoms with Crippen LogP contribution in [0.5, 0.6) is 0 Å². The number of rotatable bonds is 2. The van der Waals surface area contributed by atoms with Crippen LogP contribution in [0.4, 0.5) is 13.2 Å². The molecule has 0 aromatic carbocycles. The molecule has 0 radical (unpaired) electrons.